The highest BCUT2D eigenvalue weighted by Gasteiger charge is 2.33. The summed E-state index contributed by atoms with van der Waals surface area (Å²) in [5.41, 5.74) is 2.78. The van der Waals surface area contributed by atoms with Gasteiger partial charge in [0.1, 0.15) is 17.1 Å². The summed E-state index contributed by atoms with van der Waals surface area (Å²) >= 11 is 9.11. The normalized spacial score (nSPS) is 13.8. The van der Waals surface area contributed by atoms with Gasteiger partial charge in [0.05, 0.1) is 34.7 Å². The molecule has 4 aromatic rings. The lowest BCUT2D eigenvalue weighted by Crippen LogP contribution is -2.30. The molecule has 2 aromatic heterocycles. The molecule has 0 aliphatic heterocycles. The Hall–Kier alpha value is -2.95. The SMILES string of the molecule is CS(=O)(=O)N(Cc1ccc(Br)c(F)c1)c1cn2nc(-c3ccc(Cl)cc3)c(C(=O)O)c2cc1C1CC1. The topological polar surface area (TPSA) is 92.0 Å². The highest BCUT2D eigenvalue weighted by molar-refractivity contribution is 9.10. The lowest BCUT2D eigenvalue weighted by atomic mass is 10.0. The van der Waals surface area contributed by atoms with Crippen LogP contribution in [0, 0.1) is 5.82 Å². The molecule has 0 amide bonds. The van der Waals surface area contributed by atoms with E-state index in [9.17, 15) is 22.7 Å². The second-order valence-electron chi connectivity index (χ2n) is 8.77. The van der Waals surface area contributed by atoms with Gasteiger partial charge in [-0.3, -0.25) is 4.31 Å². The van der Waals surface area contributed by atoms with Crippen LogP contribution in [-0.4, -0.2) is 35.4 Å². The maximum atomic E-state index is 14.2. The monoisotopic (exact) mass is 591 g/mol. The molecular formula is C25H20BrClFN3O4S. The minimum absolute atomic E-state index is 0.0201. The Labute approximate surface area is 220 Å². The van der Waals surface area contributed by atoms with E-state index in [1.165, 1.54) is 21.0 Å². The predicted octanol–water partition coefficient (Wildman–Crippen LogP) is 6.10. The molecular weight excluding hydrogens is 573 g/mol. The van der Waals surface area contributed by atoms with Gasteiger partial charge in [0.15, 0.2) is 0 Å². The zero-order valence-corrected chi connectivity index (χ0v) is 22.1. The van der Waals surface area contributed by atoms with Crippen LogP contribution in [0.1, 0.15) is 40.2 Å². The van der Waals surface area contributed by atoms with Crippen molar-refractivity contribution in [3.8, 4) is 11.3 Å². The lowest BCUT2D eigenvalue weighted by Gasteiger charge is -2.25. The molecule has 7 nitrogen and oxygen atoms in total. The number of rotatable bonds is 7. The molecule has 0 atom stereocenters. The van der Waals surface area contributed by atoms with Crippen molar-refractivity contribution in [1.82, 2.24) is 9.61 Å². The van der Waals surface area contributed by atoms with Crippen molar-refractivity contribution in [2.45, 2.75) is 25.3 Å². The van der Waals surface area contributed by atoms with Crippen LogP contribution in [0.5, 0.6) is 0 Å². The molecule has 186 valence electrons. The molecule has 0 bridgehead atoms. The minimum atomic E-state index is -3.79. The van der Waals surface area contributed by atoms with Gasteiger partial charge in [0, 0.05) is 10.6 Å². The average Bonchev–Trinajstić information content (AvgIpc) is 3.58. The van der Waals surface area contributed by atoms with Crippen LogP contribution in [0.4, 0.5) is 10.1 Å². The molecule has 1 aliphatic carbocycles. The second kappa shape index (κ2) is 9.17. The second-order valence-corrected chi connectivity index (χ2v) is 12.0. The van der Waals surface area contributed by atoms with Crippen molar-refractivity contribution in [2.75, 3.05) is 10.6 Å². The quantitative estimate of drug-likeness (QED) is 0.280. The van der Waals surface area contributed by atoms with Gasteiger partial charge in [-0.25, -0.2) is 22.1 Å². The predicted molar refractivity (Wildman–Crippen MR) is 140 cm³/mol. The van der Waals surface area contributed by atoms with E-state index >= 15 is 0 Å². The first-order valence-corrected chi connectivity index (χ1v) is 14.0. The first-order chi connectivity index (χ1) is 17.0. The van der Waals surface area contributed by atoms with Crippen molar-refractivity contribution in [3.63, 3.8) is 0 Å². The van der Waals surface area contributed by atoms with Crippen LogP contribution >= 0.6 is 27.5 Å². The largest absolute Gasteiger partial charge is 0.478 e. The van der Waals surface area contributed by atoms with Crippen molar-refractivity contribution in [3.05, 3.63) is 86.7 Å². The van der Waals surface area contributed by atoms with Gasteiger partial charge < -0.3 is 5.11 Å². The number of carboxylic acid groups (broad SMARTS) is 1. The number of halogens is 3. The molecule has 1 aliphatic rings. The standard InChI is InChI=1S/C25H20BrClFN3O4S/c1-36(34,35)31(12-14-2-9-19(26)20(28)10-14)22-13-30-21(11-18(22)15-3-4-15)23(25(32)33)24(29-30)16-5-7-17(27)8-6-16/h2,5-11,13,15H,3-4,12H2,1H3,(H,32,33). The number of carboxylic acids is 1. The smallest absolute Gasteiger partial charge is 0.340 e. The zero-order valence-electron chi connectivity index (χ0n) is 19.0. The van der Waals surface area contributed by atoms with Crippen molar-refractivity contribution < 1.29 is 22.7 Å². The summed E-state index contributed by atoms with van der Waals surface area (Å²) in [6, 6.07) is 12.8. The van der Waals surface area contributed by atoms with Crippen LogP contribution in [0.3, 0.4) is 0 Å². The van der Waals surface area contributed by atoms with Gasteiger partial charge in [-0.2, -0.15) is 5.10 Å². The molecule has 0 spiro atoms. The van der Waals surface area contributed by atoms with Crippen LogP contribution in [0.2, 0.25) is 5.02 Å². The number of carbonyl (C=O) groups is 1. The average molecular weight is 593 g/mol. The Balaban J connectivity index is 1.71. The van der Waals surface area contributed by atoms with Crippen LogP contribution in [0.25, 0.3) is 16.8 Å². The van der Waals surface area contributed by atoms with Crippen molar-refractivity contribution >= 4 is 54.7 Å². The first kappa shape index (κ1) is 24.7. The highest BCUT2D eigenvalue weighted by atomic mass is 79.9. The van der Waals surface area contributed by atoms with E-state index in [4.69, 9.17) is 11.6 Å². The molecule has 0 saturated heterocycles. The third-order valence-corrected chi connectivity index (χ3v) is 8.13. The molecule has 11 heteroatoms. The van der Waals surface area contributed by atoms with Gasteiger partial charge in [-0.05, 0) is 76.1 Å². The summed E-state index contributed by atoms with van der Waals surface area (Å²) in [5.74, 6) is -1.55. The number of hydrogen-bond acceptors (Lipinski definition) is 4. The van der Waals surface area contributed by atoms with Gasteiger partial charge in [0.25, 0.3) is 0 Å². The van der Waals surface area contributed by atoms with E-state index in [0.717, 1.165) is 24.7 Å². The van der Waals surface area contributed by atoms with Crippen molar-refractivity contribution in [1.29, 1.82) is 0 Å². The van der Waals surface area contributed by atoms with Crippen LogP contribution in [-0.2, 0) is 16.6 Å². The van der Waals surface area contributed by atoms with Gasteiger partial charge in [0.2, 0.25) is 10.0 Å². The van der Waals surface area contributed by atoms with E-state index in [1.54, 1.807) is 42.6 Å². The maximum absolute atomic E-state index is 14.2. The van der Waals surface area contributed by atoms with Gasteiger partial charge >= 0.3 is 5.97 Å². The summed E-state index contributed by atoms with van der Waals surface area (Å²) in [7, 11) is -3.79. The molecule has 1 fully saturated rings. The molecule has 36 heavy (non-hydrogen) atoms. The van der Waals surface area contributed by atoms with E-state index in [1.807, 2.05) is 0 Å². The molecule has 1 saturated carbocycles. The van der Waals surface area contributed by atoms with Crippen molar-refractivity contribution in [2.24, 2.45) is 0 Å². The van der Waals surface area contributed by atoms with Crippen LogP contribution in [0.15, 0.2) is 59.2 Å². The Morgan fingerprint density at radius 1 is 1.22 bits per heavy atom. The molecule has 0 radical (unpaired) electrons. The Kier molecular flexibility index (Phi) is 6.30. The lowest BCUT2D eigenvalue weighted by molar-refractivity contribution is 0.0699. The summed E-state index contributed by atoms with van der Waals surface area (Å²) in [6.45, 7) is -0.0919. The van der Waals surface area contributed by atoms with Gasteiger partial charge in [-0.15, -0.1) is 0 Å². The van der Waals surface area contributed by atoms with E-state index in [2.05, 4.69) is 21.0 Å². The number of benzene rings is 2. The van der Waals surface area contributed by atoms with Gasteiger partial charge in [-0.1, -0.05) is 29.8 Å². The van der Waals surface area contributed by atoms with E-state index in [-0.39, 0.29) is 28.2 Å². The molecule has 5 rings (SSSR count). The number of pyridine rings is 1. The van der Waals surface area contributed by atoms with E-state index in [0.29, 0.717) is 27.4 Å². The summed E-state index contributed by atoms with van der Waals surface area (Å²) < 4.78 is 42.9. The summed E-state index contributed by atoms with van der Waals surface area (Å²) in [6.07, 6.45) is 4.35. The summed E-state index contributed by atoms with van der Waals surface area (Å²) in [4.78, 5) is 12.3. The molecule has 1 N–H and O–H groups in total. The van der Waals surface area contributed by atoms with Crippen LogP contribution < -0.4 is 4.31 Å². The Bertz CT molecular complexity index is 1620. The number of aromatic carboxylic acids is 1. The molecule has 2 aromatic carbocycles. The first-order valence-electron chi connectivity index (χ1n) is 11.0. The molecule has 2 heterocycles. The summed E-state index contributed by atoms with van der Waals surface area (Å²) in [5, 5.41) is 15.1. The fourth-order valence-electron chi connectivity index (χ4n) is 4.23. The third-order valence-electron chi connectivity index (χ3n) is 6.11. The minimum Gasteiger partial charge on any atom is -0.478 e. The number of aromatic nitrogens is 2. The maximum Gasteiger partial charge on any atom is 0.340 e. The number of nitrogens with zero attached hydrogens (tertiary/aromatic N) is 3. The number of fused-ring (bicyclic) bond motifs is 1. The number of anilines is 1. The third kappa shape index (κ3) is 4.72. The Morgan fingerprint density at radius 2 is 1.92 bits per heavy atom. The highest BCUT2D eigenvalue weighted by Crippen LogP contribution is 2.46. The number of hydrogen-bond donors (Lipinski definition) is 1. The zero-order chi connectivity index (χ0) is 25.8. The fraction of sp³-hybridized carbons (Fsp3) is 0.200. The fourth-order valence-corrected chi connectivity index (χ4v) is 5.50. The molecule has 0 unspecified atom stereocenters. The number of sulfonamides is 1. The Morgan fingerprint density at radius 3 is 2.50 bits per heavy atom. The van der Waals surface area contributed by atoms with E-state index < -0.39 is 21.8 Å².